The number of nitrogens with two attached hydrogens (primary N) is 2. The highest BCUT2D eigenvalue weighted by Crippen LogP contribution is 2.20. The fourth-order valence-electron chi connectivity index (χ4n) is 1.08. The Morgan fingerprint density at radius 2 is 2.12 bits per heavy atom. The van der Waals surface area contributed by atoms with Gasteiger partial charge in [0.1, 0.15) is 18.2 Å². The Kier molecular flexibility index (Phi) is 3.49. The molecule has 0 aliphatic rings. The van der Waals surface area contributed by atoms with E-state index in [0.29, 0.717) is 0 Å². The van der Waals surface area contributed by atoms with Crippen molar-refractivity contribution in [3.8, 4) is 5.75 Å². The molecule has 4 N–H and O–H groups in total. The van der Waals surface area contributed by atoms with Gasteiger partial charge in [0.25, 0.3) is 5.91 Å². The van der Waals surface area contributed by atoms with Crippen molar-refractivity contribution in [2.45, 2.75) is 19.4 Å². The topological polar surface area (TPSA) is 78.3 Å². The standard InChI is InChI=1S/C11H15FN2O2/c1-11(2,14)6-16-9-4-3-7(12)5-8(9)10(13)15/h3-5H,6,14H2,1-2H3,(H2,13,15). The van der Waals surface area contributed by atoms with E-state index in [1.807, 2.05) is 0 Å². The molecular formula is C11H15FN2O2. The van der Waals surface area contributed by atoms with E-state index in [4.69, 9.17) is 16.2 Å². The van der Waals surface area contributed by atoms with Gasteiger partial charge in [-0.2, -0.15) is 0 Å². The Labute approximate surface area is 93.4 Å². The van der Waals surface area contributed by atoms with E-state index < -0.39 is 17.3 Å². The van der Waals surface area contributed by atoms with Crippen molar-refractivity contribution < 1.29 is 13.9 Å². The number of primary amides is 1. The number of carbonyl (C=O) groups excluding carboxylic acids is 1. The molecule has 0 fully saturated rings. The van der Waals surface area contributed by atoms with Crippen molar-refractivity contribution in [1.82, 2.24) is 0 Å². The molecule has 0 saturated carbocycles. The van der Waals surface area contributed by atoms with Crippen LogP contribution in [0.3, 0.4) is 0 Å². The summed E-state index contributed by atoms with van der Waals surface area (Å²) in [4.78, 5) is 11.0. The van der Waals surface area contributed by atoms with Crippen LogP contribution < -0.4 is 16.2 Å². The molecule has 16 heavy (non-hydrogen) atoms. The van der Waals surface area contributed by atoms with Gasteiger partial charge in [0.05, 0.1) is 5.56 Å². The average molecular weight is 226 g/mol. The van der Waals surface area contributed by atoms with Gasteiger partial charge in [-0.3, -0.25) is 4.79 Å². The first kappa shape index (κ1) is 12.4. The van der Waals surface area contributed by atoms with Gasteiger partial charge >= 0.3 is 0 Å². The zero-order valence-electron chi connectivity index (χ0n) is 9.29. The monoisotopic (exact) mass is 226 g/mol. The van der Waals surface area contributed by atoms with Gasteiger partial charge in [-0.05, 0) is 32.0 Å². The summed E-state index contributed by atoms with van der Waals surface area (Å²) < 4.78 is 18.2. The second-order valence-electron chi connectivity index (χ2n) is 4.28. The molecule has 1 amide bonds. The van der Waals surface area contributed by atoms with Gasteiger partial charge in [-0.1, -0.05) is 0 Å². The third kappa shape index (κ3) is 3.51. The zero-order chi connectivity index (χ0) is 12.3. The highest BCUT2D eigenvalue weighted by atomic mass is 19.1. The maximum absolute atomic E-state index is 12.9. The predicted octanol–water partition coefficient (Wildman–Crippen LogP) is 1.04. The molecule has 0 spiro atoms. The molecule has 0 aliphatic heterocycles. The fourth-order valence-corrected chi connectivity index (χ4v) is 1.08. The summed E-state index contributed by atoms with van der Waals surface area (Å²) in [5, 5.41) is 0. The van der Waals surface area contributed by atoms with Crippen molar-refractivity contribution >= 4 is 5.91 Å². The van der Waals surface area contributed by atoms with E-state index in [1.165, 1.54) is 12.1 Å². The van der Waals surface area contributed by atoms with Crippen LogP contribution >= 0.6 is 0 Å². The van der Waals surface area contributed by atoms with E-state index in [9.17, 15) is 9.18 Å². The number of carbonyl (C=O) groups is 1. The zero-order valence-corrected chi connectivity index (χ0v) is 9.29. The summed E-state index contributed by atoms with van der Waals surface area (Å²) in [5.41, 5.74) is 10.3. The molecule has 0 aromatic heterocycles. The van der Waals surface area contributed by atoms with E-state index in [1.54, 1.807) is 13.8 Å². The highest BCUT2D eigenvalue weighted by molar-refractivity contribution is 5.95. The average Bonchev–Trinajstić information content (AvgIpc) is 2.14. The minimum absolute atomic E-state index is 0.0178. The van der Waals surface area contributed by atoms with Crippen LogP contribution in [0.5, 0.6) is 5.75 Å². The van der Waals surface area contributed by atoms with Crippen LogP contribution in [0.15, 0.2) is 18.2 Å². The number of amides is 1. The molecule has 0 unspecified atom stereocenters. The number of rotatable bonds is 4. The second-order valence-corrected chi connectivity index (χ2v) is 4.28. The maximum atomic E-state index is 12.9. The van der Waals surface area contributed by atoms with E-state index in [-0.39, 0.29) is 17.9 Å². The van der Waals surface area contributed by atoms with Crippen molar-refractivity contribution in [2.75, 3.05) is 6.61 Å². The number of hydrogen-bond acceptors (Lipinski definition) is 3. The van der Waals surface area contributed by atoms with Crippen LogP contribution in [0.1, 0.15) is 24.2 Å². The van der Waals surface area contributed by atoms with Crippen LogP contribution in [0.25, 0.3) is 0 Å². The molecule has 0 heterocycles. The number of ether oxygens (including phenoxy) is 1. The number of halogens is 1. The molecule has 0 saturated heterocycles. The Morgan fingerprint density at radius 3 is 2.62 bits per heavy atom. The third-order valence-electron chi connectivity index (χ3n) is 1.81. The Hall–Kier alpha value is -1.62. The van der Waals surface area contributed by atoms with Crippen LogP contribution in [0.2, 0.25) is 0 Å². The molecule has 0 aliphatic carbocycles. The van der Waals surface area contributed by atoms with Gasteiger partial charge in [-0.15, -0.1) is 0 Å². The lowest BCUT2D eigenvalue weighted by molar-refractivity contribution is 0.0994. The summed E-state index contributed by atoms with van der Waals surface area (Å²) >= 11 is 0. The van der Waals surface area contributed by atoms with Gasteiger partial charge in [0, 0.05) is 5.54 Å². The molecule has 0 radical (unpaired) electrons. The van der Waals surface area contributed by atoms with Gasteiger partial charge in [-0.25, -0.2) is 4.39 Å². The summed E-state index contributed by atoms with van der Waals surface area (Å²) in [6.07, 6.45) is 0. The van der Waals surface area contributed by atoms with Crippen LogP contribution in [0.4, 0.5) is 4.39 Å². The van der Waals surface area contributed by atoms with Crippen LogP contribution in [-0.4, -0.2) is 18.1 Å². The van der Waals surface area contributed by atoms with Crippen LogP contribution in [0, 0.1) is 5.82 Å². The van der Waals surface area contributed by atoms with Gasteiger partial charge in [0.2, 0.25) is 0 Å². The molecule has 1 rings (SSSR count). The molecule has 1 aromatic carbocycles. The largest absolute Gasteiger partial charge is 0.491 e. The minimum Gasteiger partial charge on any atom is -0.491 e. The van der Waals surface area contributed by atoms with E-state index in [2.05, 4.69) is 0 Å². The van der Waals surface area contributed by atoms with E-state index >= 15 is 0 Å². The maximum Gasteiger partial charge on any atom is 0.252 e. The predicted molar refractivity (Wildman–Crippen MR) is 58.7 cm³/mol. The smallest absolute Gasteiger partial charge is 0.252 e. The summed E-state index contributed by atoms with van der Waals surface area (Å²) in [6.45, 7) is 3.76. The summed E-state index contributed by atoms with van der Waals surface area (Å²) in [7, 11) is 0. The quantitative estimate of drug-likeness (QED) is 0.805. The SMILES string of the molecule is CC(C)(N)COc1ccc(F)cc1C(N)=O. The van der Waals surface area contributed by atoms with Crippen molar-refractivity contribution in [3.05, 3.63) is 29.6 Å². The molecule has 1 aromatic rings. The van der Waals surface area contributed by atoms with Gasteiger partial charge in [0.15, 0.2) is 0 Å². The lowest BCUT2D eigenvalue weighted by Gasteiger charge is -2.19. The van der Waals surface area contributed by atoms with E-state index in [0.717, 1.165) is 6.07 Å². The van der Waals surface area contributed by atoms with Crippen molar-refractivity contribution in [3.63, 3.8) is 0 Å². The van der Waals surface area contributed by atoms with Crippen LogP contribution in [-0.2, 0) is 0 Å². The molecule has 5 heteroatoms. The Morgan fingerprint density at radius 1 is 1.50 bits per heavy atom. The Balaban J connectivity index is 2.91. The number of hydrogen-bond donors (Lipinski definition) is 2. The normalized spacial score (nSPS) is 11.2. The lowest BCUT2D eigenvalue weighted by Crippen LogP contribution is -2.39. The minimum atomic E-state index is -0.732. The first-order chi connectivity index (χ1) is 7.29. The molecule has 0 atom stereocenters. The fraction of sp³-hybridized carbons (Fsp3) is 0.364. The number of benzene rings is 1. The summed E-state index contributed by atoms with van der Waals surface area (Å²) in [5.74, 6) is -1.02. The molecule has 0 bridgehead atoms. The van der Waals surface area contributed by atoms with Crippen molar-refractivity contribution in [2.24, 2.45) is 11.5 Å². The lowest BCUT2D eigenvalue weighted by atomic mass is 10.1. The molecule has 4 nitrogen and oxygen atoms in total. The first-order valence-corrected chi connectivity index (χ1v) is 4.80. The second kappa shape index (κ2) is 4.49. The molecule has 88 valence electrons. The third-order valence-corrected chi connectivity index (χ3v) is 1.81. The van der Waals surface area contributed by atoms with Gasteiger partial charge < -0.3 is 16.2 Å². The summed E-state index contributed by atoms with van der Waals surface area (Å²) in [6, 6.07) is 3.60. The first-order valence-electron chi connectivity index (χ1n) is 4.80. The Bertz CT molecular complexity index is 399. The highest BCUT2D eigenvalue weighted by Gasteiger charge is 2.15. The molecular weight excluding hydrogens is 211 g/mol. The van der Waals surface area contributed by atoms with Crippen molar-refractivity contribution in [1.29, 1.82) is 0 Å².